The highest BCUT2D eigenvalue weighted by Gasteiger charge is 2.27. The Balaban J connectivity index is 2.07. The molecule has 0 unspecified atom stereocenters. The molecule has 0 amide bonds. The number of aromatic nitrogens is 1. The first-order valence-electron chi connectivity index (χ1n) is 9.21. The quantitative estimate of drug-likeness (QED) is 0.666. The second kappa shape index (κ2) is 6.88. The van der Waals surface area contributed by atoms with E-state index in [1.807, 2.05) is 48.7 Å². The Morgan fingerprint density at radius 1 is 1.04 bits per heavy atom. The molecule has 0 radical (unpaired) electrons. The van der Waals surface area contributed by atoms with Gasteiger partial charge in [-0.3, -0.25) is 9.59 Å². The molecule has 4 nitrogen and oxygen atoms in total. The van der Waals surface area contributed by atoms with Crippen LogP contribution in [0, 0.1) is 0 Å². The molecule has 1 heterocycles. The van der Waals surface area contributed by atoms with Gasteiger partial charge < -0.3 is 9.30 Å². The van der Waals surface area contributed by atoms with Gasteiger partial charge in [-0.1, -0.05) is 49.7 Å². The van der Waals surface area contributed by atoms with E-state index in [-0.39, 0.29) is 11.3 Å². The maximum absolute atomic E-state index is 13.1. The van der Waals surface area contributed by atoms with Gasteiger partial charge in [-0.2, -0.15) is 0 Å². The van der Waals surface area contributed by atoms with Crippen molar-refractivity contribution in [2.24, 2.45) is 0 Å². The standard InChI is InChI=1S/C23H21NO3/c1-3-4-12-24-14-16-13-19(27-2)22(25)21-17(15-8-6-5-7-9-15)10-11-18(20(16)21)23(24)26/h5-11,13-14H,3-4,12H2,1-2H3. The molecule has 4 heteroatoms. The van der Waals surface area contributed by atoms with Crippen LogP contribution in [0.5, 0.6) is 0 Å². The van der Waals surface area contributed by atoms with Gasteiger partial charge in [0, 0.05) is 34.6 Å². The fourth-order valence-electron chi connectivity index (χ4n) is 3.71. The van der Waals surface area contributed by atoms with Crippen molar-refractivity contribution in [2.75, 3.05) is 7.11 Å². The molecule has 0 atom stereocenters. The molecule has 0 saturated heterocycles. The smallest absolute Gasteiger partial charge is 0.258 e. The van der Waals surface area contributed by atoms with Gasteiger partial charge in [0.1, 0.15) is 0 Å². The molecule has 3 aromatic rings. The van der Waals surface area contributed by atoms with Crippen LogP contribution < -0.4 is 5.56 Å². The van der Waals surface area contributed by atoms with Gasteiger partial charge >= 0.3 is 0 Å². The zero-order chi connectivity index (χ0) is 19.0. The van der Waals surface area contributed by atoms with Gasteiger partial charge in [-0.05, 0) is 29.7 Å². The summed E-state index contributed by atoms with van der Waals surface area (Å²) in [4.78, 5) is 26.1. The molecule has 0 bridgehead atoms. The van der Waals surface area contributed by atoms with Crippen molar-refractivity contribution in [2.45, 2.75) is 26.3 Å². The monoisotopic (exact) mass is 359 g/mol. The van der Waals surface area contributed by atoms with Crippen LogP contribution >= 0.6 is 0 Å². The van der Waals surface area contributed by atoms with Gasteiger partial charge in [-0.15, -0.1) is 0 Å². The molecule has 136 valence electrons. The summed E-state index contributed by atoms with van der Waals surface area (Å²) < 4.78 is 7.10. The van der Waals surface area contributed by atoms with Crippen molar-refractivity contribution in [1.29, 1.82) is 0 Å². The van der Waals surface area contributed by atoms with Crippen LogP contribution in [0.4, 0.5) is 0 Å². The molecular weight excluding hydrogens is 338 g/mol. The Hall–Kier alpha value is -3.14. The van der Waals surface area contributed by atoms with Crippen LogP contribution in [0.1, 0.15) is 35.7 Å². The number of ketones is 1. The number of ether oxygens (including phenoxy) is 1. The number of carbonyl (C=O) groups excluding carboxylic acids is 1. The van der Waals surface area contributed by atoms with E-state index in [2.05, 4.69) is 6.92 Å². The summed E-state index contributed by atoms with van der Waals surface area (Å²) in [6.45, 7) is 2.76. The second-order valence-corrected chi connectivity index (χ2v) is 6.76. The van der Waals surface area contributed by atoms with E-state index >= 15 is 0 Å². The molecule has 0 aliphatic heterocycles. The van der Waals surface area contributed by atoms with Crippen molar-refractivity contribution in [1.82, 2.24) is 4.57 Å². The minimum atomic E-state index is -0.180. The normalized spacial score (nSPS) is 13.0. The predicted molar refractivity (Wildman–Crippen MR) is 108 cm³/mol. The highest BCUT2D eigenvalue weighted by molar-refractivity contribution is 6.24. The zero-order valence-corrected chi connectivity index (χ0v) is 15.5. The molecule has 0 spiro atoms. The zero-order valence-electron chi connectivity index (χ0n) is 15.5. The van der Waals surface area contributed by atoms with E-state index in [1.165, 1.54) is 7.11 Å². The highest BCUT2D eigenvalue weighted by Crippen LogP contribution is 2.36. The number of nitrogens with zero attached hydrogens (tertiary/aromatic N) is 1. The van der Waals surface area contributed by atoms with Crippen LogP contribution in [0.3, 0.4) is 0 Å². The number of hydrogen-bond acceptors (Lipinski definition) is 3. The highest BCUT2D eigenvalue weighted by atomic mass is 16.5. The average molecular weight is 359 g/mol. The molecule has 1 aliphatic rings. The minimum absolute atomic E-state index is 0.0508. The van der Waals surface area contributed by atoms with Gasteiger partial charge in [0.05, 0.1) is 7.11 Å². The average Bonchev–Trinajstić information content (AvgIpc) is 2.71. The van der Waals surface area contributed by atoms with Crippen molar-refractivity contribution >= 4 is 22.6 Å². The number of aryl methyl sites for hydroxylation is 1. The van der Waals surface area contributed by atoms with Gasteiger partial charge in [0.2, 0.25) is 5.78 Å². The Bertz CT molecular complexity index is 1120. The number of methoxy groups -OCH3 is 1. The fourth-order valence-corrected chi connectivity index (χ4v) is 3.71. The topological polar surface area (TPSA) is 48.3 Å². The third kappa shape index (κ3) is 2.78. The first-order chi connectivity index (χ1) is 13.2. The number of allylic oxidation sites excluding steroid dienone is 1. The minimum Gasteiger partial charge on any atom is -0.493 e. The maximum Gasteiger partial charge on any atom is 0.258 e. The largest absolute Gasteiger partial charge is 0.493 e. The van der Waals surface area contributed by atoms with E-state index in [4.69, 9.17) is 4.74 Å². The summed E-state index contributed by atoms with van der Waals surface area (Å²) in [5.74, 6) is 0.119. The van der Waals surface area contributed by atoms with E-state index in [1.54, 1.807) is 10.6 Å². The third-order valence-electron chi connectivity index (χ3n) is 5.07. The van der Waals surface area contributed by atoms with Crippen LogP contribution in [0.15, 0.2) is 59.2 Å². The van der Waals surface area contributed by atoms with E-state index in [0.29, 0.717) is 23.3 Å². The molecule has 0 N–H and O–H groups in total. The van der Waals surface area contributed by atoms with E-state index in [9.17, 15) is 9.59 Å². The number of Topliss-reactive ketones (excluding diaryl/α,β-unsaturated/α-hetero) is 1. The third-order valence-corrected chi connectivity index (χ3v) is 5.07. The van der Waals surface area contributed by atoms with E-state index in [0.717, 1.165) is 34.9 Å². The Labute approximate surface area is 157 Å². The molecule has 2 aromatic carbocycles. The number of benzene rings is 2. The SMILES string of the molecule is CCCCn1cc2c3c(c(-c4ccccc4)ccc3c1=O)C(=O)C(OC)=C2. The van der Waals surface area contributed by atoms with Gasteiger partial charge in [0.15, 0.2) is 5.76 Å². The summed E-state index contributed by atoms with van der Waals surface area (Å²) in [7, 11) is 1.50. The molecule has 4 rings (SSSR count). The molecule has 1 aromatic heterocycles. The van der Waals surface area contributed by atoms with Crippen molar-refractivity contribution in [3.63, 3.8) is 0 Å². The van der Waals surface area contributed by atoms with Crippen LogP contribution in [0.2, 0.25) is 0 Å². The van der Waals surface area contributed by atoms with Gasteiger partial charge in [-0.25, -0.2) is 0 Å². The van der Waals surface area contributed by atoms with Crippen LogP contribution in [-0.4, -0.2) is 17.5 Å². The van der Waals surface area contributed by atoms with Crippen molar-refractivity contribution < 1.29 is 9.53 Å². The summed E-state index contributed by atoms with van der Waals surface area (Å²) in [6, 6.07) is 13.5. The summed E-state index contributed by atoms with van der Waals surface area (Å²) in [6.07, 6.45) is 5.54. The lowest BCUT2D eigenvalue weighted by atomic mass is 9.86. The second-order valence-electron chi connectivity index (χ2n) is 6.76. The molecule has 27 heavy (non-hydrogen) atoms. The Morgan fingerprint density at radius 3 is 2.52 bits per heavy atom. The lowest BCUT2D eigenvalue weighted by molar-refractivity contribution is 0.0958. The predicted octanol–water partition coefficient (Wildman–Crippen LogP) is 4.65. The van der Waals surface area contributed by atoms with Crippen LogP contribution in [0.25, 0.3) is 28.0 Å². The molecule has 0 saturated carbocycles. The molecule has 0 fully saturated rings. The van der Waals surface area contributed by atoms with E-state index < -0.39 is 0 Å². The fraction of sp³-hybridized carbons (Fsp3) is 0.217. The van der Waals surface area contributed by atoms with Crippen molar-refractivity contribution in [3.8, 4) is 11.1 Å². The lowest BCUT2D eigenvalue weighted by Crippen LogP contribution is -2.23. The maximum atomic E-state index is 13.1. The number of unbranched alkanes of at least 4 members (excludes halogenated alkanes) is 1. The number of hydrogen-bond donors (Lipinski definition) is 0. The number of rotatable bonds is 5. The first kappa shape index (κ1) is 17.3. The Morgan fingerprint density at radius 2 is 1.81 bits per heavy atom. The first-order valence-corrected chi connectivity index (χ1v) is 9.21. The summed E-state index contributed by atoms with van der Waals surface area (Å²) in [5, 5.41) is 1.30. The summed E-state index contributed by atoms with van der Waals surface area (Å²) in [5.41, 5.74) is 3.12. The summed E-state index contributed by atoms with van der Waals surface area (Å²) >= 11 is 0. The Kier molecular flexibility index (Phi) is 4.40. The van der Waals surface area contributed by atoms with Crippen LogP contribution in [-0.2, 0) is 11.3 Å². The lowest BCUT2D eigenvalue weighted by Gasteiger charge is -2.20. The van der Waals surface area contributed by atoms with Crippen molar-refractivity contribution in [3.05, 3.63) is 75.9 Å². The number of carbonyl (C=O) groups is 1. The molecular formula is C23H21NO3. The molecule has 1 aliphatic carbocycles. The van der Waals surface area contributed by atoms with Gasteiger partial charge in [0.25, 0.3) is 5.56 Å². The number of pyridine rings is 1.